The van der Waals surface area contributed by atoms with E-state index in [1.54, 1.807) is 7.11 Å². The zero-order valence-electron chi connectivity index (χ0n) is 18.8. The topological polar surface area (TPSA) is 47.6 Å². The van der Waals surface area contributed by atoms with Crippen LogP contribution in [0.3, 0.4) is 0 Å². The molecule has 1 saturated heterocycles. The quantitative estimate of drug-likeness (QED) is 0.600. The number of piperidine rings is 1. The number of methoxy groups -OCH3 is 1. The van der Waals surface area contributed by atoms with Crippen LogP contribution in [0.5, 0.6) is 11.5 Å². The van der Waals surface area contributed by atoms with E-state index >= 15 is 0 Å². The molecule has 2 fully saturated rings. The van der Waals surface area contributed by atoms with Crippen molar-refractivity contribution in [2.24, 2.45) is 0 Å². The van der Waals surface area contributed by atoms with Crippen molar-refractivity contribution in [3.63, 3.8) is 0 Å². The predicted molar refractivity (Wildman–Crippen MR) is 125 cm³/mol. The van der Waals surface area contributed by atoms with Crippen LogP contribution in [0.1, 0.15) is 74.5 Å². The highest BCUT2D eigenvalue weighted by atomic mass is 16.5. The third-order valence-corrected chi connectivity index (χ3v) is 6.47. The van der Waals surface area contributed by atoms with E-state index in [-0.39, 0.29) is 17.9 Å². The highest BCUT2D eigenvalue weighted by Crippen LogP contribution is 2.36. The molecule has 0 spiro atoms. The van der Waals surface area contributed by atoms with Crippen LogP contribution < -0.4 is 14.8 Å². The predicted octanol–water partition coefficient (Wildman–Crippen LogP) is 5.83. The van der Waals surface area contributed by atoms with Crippen LogP contribution in [-0.4, -0.2) is 25.7 Å². The van der Waals surface area contributed by atoms with Gasteiger partial charge < -0.3 is 14.8 Å². The van der Waals surface area contributed by atoms with Crippen molar-refractivity contribution in [1.29, 1.82) is 0 Å². The summed E-state index contributed by atoms with van der Waals surface area (Å²) in [5.41, 5.74) is 4.37. The van der Waals surface area contributed by atoms with E-state index in [0.717, 1.165) is 35.5 Å². The number of carbonyl (C=O) groups is 1. The first kappa shape index (κ1) is 21.5. The van der Waals surface area contributed by atoms with Crippen molar-refractivity contribution in [3.8, 4) is 11.5 Å². The fraction of sp³-hybridized carbons (Fsp3) is 0.444. The first-order valence-corrected chi connectivity index (χ1v) is 11.5. The Morgan fingerprint density at radius 1 is 1.03 bits per heavy atom. The van der Waals surface area contributed by atoms with Crippen molar-refractivity contribution in [3.05, 3.63) is 64.7 Å². The van der Waals surface area contributed by atoms with Crippen molar-refractivity contribution >= 4 is 12.0 Å². The number of rotatable bonds is 6. The summed E-state index contributed by atoms with van der Waals surface area (Å²) in [6, 6.07) is 14.7. The molecule has 0 bridgehead atoms. The number of benzene rings is 2. The monoisotopic (exact) mass is 419 g/mol. The van der Waals surface area contributed by atoms with E-state index in [1.807, 2.05) is 12.1 Å². The SMILES string of the molecule is COc1ccc([C@H]2CNC(=O)C(=Cc3ccc(C(C)C)cc3)C2)cc1OC1CCCC1. The number of nitrogens with one attached hydrogen (secondary N) is 1. The molecule has 1 aliphatic carbocycles. The van der Waals surface area contributed by atoms with Crippen LogP contribution in [0.15, 0.2) is 48.0 Å². The zero-order chi connectivity index (χ0) is 21.8. The van der Waals surface area contributed by atoms with Crippen LogP contribution >= 0.6 is 0 Å². The lowest BCUT2D eigenvalue weighted by Crippen LogP contribution is -2.35. The first-order valence-electron chi connectivity index (χ1n) is 11.5. The minimum Gasteiger partial charge on any atom is -0.493 e. The standard InChI is InChI=1S/C27H33NO3/c1-18(2)20-10-8-19(9-11-20)14-22-15-23(17-28-27(22)29)21-12-13-25(30-3)26(16-21)31-24-6-4-5-7-24/h8-14,16,18,23-24H,4-7,15,17H2,1-3H3,(H,28,29)/t23-/m1/s1. The van der Waals surface area contributed by atoms with Crippen LogP contribution in [0, 0.1) is 0 Å². The highest BCUT2D eigenvalue weighted by Gasteiger charge is 2.26. The third kappa shape index (κ3) is 5.12. The number of carbonyl (C=O) groups excluding carboxylic acids is 1. The molecule has 2 aromatic rings. The average molecular weight is 420 g/mol. The molecule has 4 heteroatoms. The summed E-state index contributed by atoms with van der Waals surface area (Å²) in [5, 5.41) is 3.07. The van der Waals surface area contributed by atoms with Crippen molar-refractivity contribution in [2.45, 2.75) is 63.9 Å². The second kappa shape index (κ2) is 9.59. The maximum absolute atomic E-state index is 12.5. The Kier molecular flexibility index (Phi) is 6.64. The second-order valence-corrected chi connectivity index (χ2v) is 9.04. The fourth-order valence-corrected chi connectivity index (χ4v) is 4.52. The Bertz CT molecular complexity index is 939. The van der Waals surface area contributed by atoms with Gasteiger partial charge in [0.2, 0.25) is 5.91 Å². The van der Waals surface area contributed by atoms with E-state index in [9.17, 15) is 4.79 Å². The number of amides is 1. The van der Waals surface area contributed by atoms with Crippen molar-refractivity contribution < 1.29 is 14.3 Å². The molecule has 0 aromatic heterocycles. The fourth-order valence-electron chi connectivity index (χ4n) is 4.52. The molecule has 1 aliphatic heterocycles. The van der Waals surface area contributed by atoms with Crippen LogP contribution in [0.4, 0.5) is 0 Å². The summed E-state index contributed by atoms with van der Waals surface area (Å²) in [7, 11) is 1.68. The molecule has 2 aromatic carbocycles. The van der Waals surface area contributed by atoms with Gasteiger partial charge in [-0.05, 0) is 72.9 Å². The highest BCUT2D eigenvalue weighted by molar-refractivity contribution is 5.98. The van der Waals surface area contributed by atoms with Gasteiger partial charge in [0.25, 0.3) is 0 Å². The molecule has 1 heterocycles. The molecule has 1 saturated carbocycles. The maximum atomic E-state index is 12.5. The molecule has 1 N–H and O–H groups in total. The molecule has 1 amide bonds. The Morgan fingerprint density at radius 3 is 2.45 bits per heavy atom. The Hall–Kier alpha value is -2.75. The molecule has 0 unspecified atom stereocenters. The van der Waals surface area contributed by atoms with Gasteiger partial charge in [0, 0.05) is 18.0 Å². The average Bonchev–Trinajstić information content (AvgIpc) is 3.29. The Morgan fingerprint density at radius 2 is 1.77 bits per heavy atom. The summed E-state index contributed by atoms with van der Waals surface area (Å²) in [6.07, 6.45) is 7.68. The Balaban J connectivity index is 1.53. The molecule has 4 nitrogen and oxygen atoms in total. The lowest BCUT2D eigenvalue weighted by atomic mass is 9.87. The normalized spacial score (nSPS) is 20.8. The number of hydrogen-bond acceptors (Lipinski definition) is 3. The summed E-state index contributed by atoms with van der Waals surface area (Å²) in [4.78, 5) is 12.5. The minimum absolute atomic E-state index is 0.0279. The molecule has 164 valence electrons. The Labute approximate surface area is 185 Å². The molecule has 1 atom stereocenters. The second-order valence-electron chi connectivity index (χ2n) is 9.04. The van der Waals surface area contributed by atoms with Crippen LogP contribution in [-0.2, 0) is 4.79 Å². The van der Waals surface area contributed by atoms with E-state index in [2.05, 4.69) is 55.6 Å². The van der Waals surface area contributed by atoms with E-state index < -0.39 is 0 Å². The maximum Gasteiger partial charge on any atom is 0.247 e. The van der Waals surface area contributed by atoms with Gasteiger partial charge >= 0.3 is 0 Å². The van der Waals surface area contributed by atoms with E-state index in [1.165, 1.54) is 24.0 Å². The van der Waals surface area contributed by atoms with Gasteiger partial charge in [0.1, 0.15) is 0 Å². The molecule has 4 rings (SSSR count). The zero-order valence-corrected chi connectivity index (χ0v) is 18.8. The van der Waals surface area contributed by atoms with Gasteiger partial charge in [-0.2, -0.15) is 0 Å². The number of hydrogen-bond donors (Lipinski definition) is 1. The molecule has 31 heavy (non-hydrogen) atoms. The molecular weight excluding hydrogens is 386 g/mol. The molecular formula is C27H33NO3. The van der Waals surface area contributed by atoms with Gasteiger partial charge in [-0.15, -0.1) is 0 Å². The van der Waals surface area contributed by atoms with Crippen LogP contribution in [0.2, 0.25) is 0 Å². The van der Waals surface area contributed by atoms with Crippen LogP contribution in [0.25, 0.3) is 6.08 Å². The van der Waals surface area contributed by atoms with Crippen molar-refractivity contribution in [1.82, 2.24) is 5.32 Å². The van der Waals surface area contributed by atoms with Gasteiger partial charge in [-0.1, -0.05) is 44.2 Å². The summed E-state index contributed by atoms with van der Waals surface area (Å²) in [5.74, 6) is 2.34. The van der Waals surface area contributed by atoms with Gasteiger partial charge in [-0.3, -0.25) is 4.79 Å². The lowest BCUT2D eigenvalue weighted by Gasteiger charge is -2.26. The minimum atomic E-state index is 0.0279. The largest absolute Gasteiger partial charge is 0.493 e. The number of ether oxygens (including phenoxy) is 2. The molecule has 2 aliphatic rings. The smallest absolute Gasteiger partial charge is 0.247 e. The van der Waals surface area contributed by atoms with Crippen molar-refractivity contribution in [2.75, 3.05) is 13.7 Å². The van der Waals surface area contributed by atoms with Gasteiger partial charge in [0.05, 0.1) is 13.2 Å². The van der Waals surface area contributed by atoms with E-state index in [4.69, 9.17) is 9.47 Å². The lowest BCUT2D eigenvalue weighted by molar-refractivity contribution is -0.118. The third-order valence-electron chi connectivity index (χ3n) is 6.47. The molecule has 0 radical (unpaired) electrons. The van der Waals surface area contributed by atoms with E-state index in [0.29, 0.717) is 18.9 Å². The summed E-state index contributed by atoms with van der Waals surface area (Å²) in [6.45, 7) is 5.01. The van der Waals surface area contributed by atoms with Gasteiger partial charge in [0.15, 0.2) is 11.5 Å². The summed E-state index contributed by atoms with van der Waals surface area (Å²) < 4.78 is 11.8. The van der Waals surface area contributed by atoms with Gasteiger partial charge in [-0.25, -0.2) is 0 Å². The summed E-state index contributed by atoms with van der Waals surface area (Å²) >= 11 is 0. The first-order chi connectivity index (χ1) is 15.0.